The second-order valence-corrected chi connectivity index (χ2v) is 6.80. The Labute approximate surface area is 151 Å². The molecule has 1 unspecified atom stereocenters. The van der Waals surface area contributed by atoms with Crippen LogP contribution in [0.3, 0.4) is 0 Å². The summed E-state index contributed by atoms with van der Waals surface area (Å²) < 4.78 is 5.43. The topological polar surface area (TPSA) is 79.5 Å². The van der Waals surface area contributed by atoms with E-state index in [2.05, 4.69) is 5.32 Å². The lowest BCUT2D eigenvalue weighted by Crippen LogP contribution is -2.34. The number of carbonyl (C=O) groups is 1. The summed E-state index contributed by atoms with van der Waals surface area (Å²) in [5, 5.41) is 14.2. The minimum Gasteiger partial charge on any atom is -0.422 e. The molecular formula is C19H22ClNO4. The van der Waals surface area contributed by atoms with Gasteiger partial charge in [-0.05, 0) is 50.2 Å². The van der Waals surface area contributed by atoms with E-state index in [4.69, 9.17) is 4.42 Å². The maximum absolute atomic E-state index is 12.8. The molecule has 0 bridgehead atoms. The van der Waals surface area contributed by atoms with Crippen molar-refractivity contribution < 1.29 is 14.3 Å². The van der Waals surface area contributed by atoms with Gasteiger partial charge in [-0.2, -0.15) is 0 Å². The van der Waals surface area contributed by atoms with Gasteiger partial charge in [-0.25, -0.2) is 4.79 Å². The van der Waals surface area contributed by atoms with Crippen molar-refractivity contribution in [2.75, 3.05) is 6.54 Å². The summed E-state index contributed by atoms with van der Waals surface area (Å²) in [7, 11) is 0. The molecule has 1 fully saturated rings. The van der Waals surface area contributed by atoms with E-state index in [1.165, 1.54) is 0 Å². The van der Waals surface area contributed by atoms with Crippen LogP contribution in [0.2, 0.25) is 0 Å². The number of benzene rings is 1. The summed E-state index contributed by atoms with van der Waals surface area (Å²) in [5.41, 5.74) is 2.23. The van der Waals surface area contributed by atoms with Gasteiger partial charge in [0, 0.05) is 29.1 Å². The number of Topliss-reactive ketones (excluding diaryl/α,β-unsaturated/α-hetero) is 1. The molecule has 2 aromatic rings. The standard InChI is InChI=1S/C19H21NO4.ClH/c21-15(10-20-11-8-9-11)18(22)14-6-3-7-16-17(14)12-4-1-2-5-13(12)19(23)24-16;/h3,6-7,11,15,20-21H,1-2,4-5,8-10H2;1H. The number of aryl methyl sites for hydroxylation is 1. The summed E-state index contributed by atoms with van der Waals surface area (Å²) in [6, 6.07) is 5.58. The molecule has 0 aliphatic heterocycles. The van der Waals surface area contributed by atoms with Crippen LogP contribution in [0.1, 0.15) is 47.2 Å². The molecule has 0 spiro atoms. The fourth-order valence-corrected chi connectivity index (χ4v) is 3.54. The first kappa shape index (κ1) is 18.1. The SMILES string of the molecule is Cl.O=C(c1cccc2oc(=O)c3c(c12)CCCC3)C(O)CNC1CC1. The van der Waals surface area contributed by atoms with E-state index >= 15 is 0 Å². The highest BCUT2D eigenvalue weighted by atomic mass is 35.5. The quantitative estimate of drug-likeness (QED) is 0.630. The number of aliphatic hydroxyl groups is 1. The van der Waals surface area contributed by atoms with Crippen molar-refractivity contribution in [1.82, 2.24) is 5.32 Å². The molecule has 1 heterocycles. The minimum absolute atomic E-state index is 0. The maximum atomic E-state index is 12.8. The average Bonchev–Trinajstić information content (AvgIpc) is 3.43. The Kier molecular flexibility index (Phi) is 5.27. The molecule has 2 aliphatic rings. The molecule has 134 valence electrons. The molecule has 1 aromatic heterocycles. The Morgan fingerprint density at radius 1 is 1.24 bits per heavy atom. The van der Waals surface area contributed by atoms with Gasteiger partial charge in [0.25, 0.3) is 0 Å². The molecule has 5 nitrogen and oxygen atoms in total. The summed E-state index contributed by atoms with van der Waals surface area (Å²) in [6.07, 6.45) is 4.57. The van der Waals surface area contributed by atoms with Crippen molar-refractivity contribution in [3.05, 3.63) is 45.3 Å². The van der Waals surface area contributed by atoms with E-state index in [1.807, 2.05) is 0 Å². The Morgan fingerprint density at radius 2 is 1.96 bits per heavy atom. The fraction of sp³-hybridized carbons (Fsp3) is 0.474. The Hall–Kier alpha value is -1.69. The largest absolute Gasteiger partial charge is 0.422 e. The van der Waals surface area contributed by atoms with Crippen molar-refractivity contribution >= 4 is 29.2 Å². The number of fused-ring (bicyclic) bond motifs is 3. The molecule has 1 atom stereocenters. The number of nitrogens with one attached hydrogen (secondary N) is 1. The third-order valence-electron chi connectivity index (χ3n) is 4.99. The molecule has 0 amide bonds. The highest BCUT2D eigenvalue weighted by Crippen LogP contribution is 2.30. The van der Waals surface area contributed by atoms with Crippen molar-refractivity contribution in [3.8, 4) is 0 Å². The van der Waals surface area contributed by atoms with E-state index in [9.17, 15) is 14.7 Å². The van der Waals surface area contributed by atoms with Gasteiger partial charge in [-0.3, -0.25) is 4.79 Å². The van der Waals surface area contributed by atoms with Crippen molar-refractivity contribution in [2.24, 2.45) is 0 Å². The number of carbonyl (C=O) groups excluding carboxylic acids is 1. The Bertz CT molecular complexity index is 856. The average molecular weight is 364 g/mol. The van der Waals surface area contributed by atoms with Crippen LogP contribution >= 0.6 is 12.4 Å². The van der Waals surface area contributed by atoms with Crippen LogP contribution in [0.15, 0.2) is 27.4 Å². The van der Waals surface area contributed by atoms with Crippen LogP contribution in [0.5, 0.6) is 0 Å². The van der Waals surface area contributed by atoms with Crippen LogP contribution in [0, 0.1) is 0 Å². The van der Waals surface area contributed by atoms with Gasteiger partial charge in [0.1, 0.15) is 11.7 Å². The zero-order valence-corrected chi connectivity index (χ0v) is 14.7. The predicted octanol–water partition coefficient (Wildman–Crippen LogP) is 2.39. The smallest absolute Gasteiger partial charge is 0.339 e. The monoisotopic (exact) mass is 363 g/mol. The Morgan fingerprint density at radius 3 is 2.68 bits per heavy atom. The second kappa shape index (κ2) is 7.28. The van der Waals surface area contributed by atoms with Gasteiger partial charge in [0.05, 0.1) is 0 Å². The van der Waals surface area contributed by atoms with Crippen molar-refractivity contribution in [1.29, 1.82) is 0 Å². The number of hydrogen-bond acceptors (Lipinski definition) is 5. The third-order valence-corrected chi connectivity index (χ3v) is 4.99. The first-order chi connectivity index (χ1) is 11.6. The summed E-state index contributed by atoms with van der Waals surface area (Å²) in [4.78, 5) is 24.9. The highest BCUT2D eigenvalue weighted by Gasteiger charge is 2.27. The van der Waals surface area contributed by atoms with E-state index in [0.717, 1.165) is 37.7 Å². The number of halogens is 1. The highest BCUT2D eigenvalue weighted by molar-refractivity contribution is 6.10. The first-order valence-electron chi connectivity index (χ1n) is 8.68. The van der Waals surface area contributed by atoms with E-state index < -0.39 is 6.10 Å². The van der Waals surface area contributed by atoms with Crippen LogP contribution in [0.4, 0.5) is 0 Å². The molecule has 6 heteroatoms. The van der Waals surface area contributed by atoms with E-state index in [1.54, 1.807) is 18.2 Å². The van der Waals surface area contributed by atoms with Gasteiger partial charge in [0.15, 0.2) is 5.78 Å². The molecule has 4 rings (SSSR count). The minimum atomic E-state index is -1.08. The van der Waals surface area contributed by atoms with E-state index in [-0.39, 0.29) is 30.4 Å². The number of ketones is 1. The molecule has 0 radical (unpaired) electrons. The molecule has 25 heavy (non-hydrogen) atoms. The molecule has 1 aromatic carbocycles. The molecular weight excluding hydrogens is 342 g/mol. The fourth-order valence-electron chi connectivity index (χ4n) is 3.54. The zero-order chi connectivity index (χ0) is 16.7. The molecule has 2 aliphatic carbocycles. The summed E-state index contributed by atoms with van der Waals surface area (Å²) in [6.45, 7) is 0.263. The molecule has 1 saturated carbocycles. The van der Waals surface area contributed by atoms with Gasteiger partial charge < -0.3 is 14.8 Å². The van der Waals surface area contributed by atoms with Crippen LogP contribution < -0.4 is 10.9 Å². The predicted molar refractivity (Wildman–Crippen MR) is 97.7 cm³/mol. The lowest BCUT2D eigenvalue weighted by atomic mass is 9.87. The number of aliphatic hydroxyl groups excluding tert-OH is 1. The Balaban J connectivity index is 0.00000182. The third kappa shape index (κ3) is 3.50. The van der Waals surface area contributed by atoms with E-state index in [0.29, 0.717) is 34.6 Å². The van der Waals surface area contributed by atoms with Gasteiger partial charge in [-0.1, -0.05) is 12.1 Å². The molecule has 0 saturated heterocycles. The van der Waals surface area contributed by atoms with Gasteiger partial charge in [0.2, 0.25) is 0 Å². The van der Waals surface area contributed by atoms with Crippen molar-refractivity contribution in [3.63, 3.8) is 0 Å². The summed E-state index contributed by atoms with van der Waals surface area (Å²) in [5.74, 6) is -0.310. The summed E-state index contributed by atoms with van der Waals surface area (Å²) >= 11 is 0. The number of rotatable bonds is 5. The normalized spacial score (nSPS) is 17.6. The van der Waals surface area contributed by atoms with Crippen molar-refractivity contribution in [2.45, 2.75) is 50.7 Å². The zero-order valence-electron chi connectivity index (χ0n) is 13.9. The van der Waals surface area contributed by atoms with Gasteiger partial charge >= 0.3 is 5.63 Å². The lowest BCUT2D eigenvalue weighted by molar-refractivity contribution is 0.0748. The molecule has 2 N–H and O–H groups in total. The lowest BCUT2D eigenvalue weighted by Gasteiger charge is -2.19. The number of hydrogen-bond donors (Lipinski definition) is 2. The van der Waals surface area contributed by atoms with Crippen LogP contribution in [-0.2, 0) is 12.8 Å². The maximum Gasteiger partial charge on any atom is 0.339 e. The van der Waals surface area contributed by atoms with Crippen LogP contribution in [-0.4, -0.2) is 29.6 Å². The van der Waals surface area contributed by atoms with Crippen LogP contribution in [0.25, 0.3) is 11.0 Å². The van der Waals surface area contributed by atoms with Gasteiger partial charge in [-0.15, -0.1) is 12.4 Å². The second-order valence-electron chi connectivity index (χ2n) is 6.80. The first-order valence-corrected chi connectivity index (χ1v) is 8.68.